The Bertz CT molecular complexity index is 853. The van der Waals surface area contributed by atoms with E-state index in [1.54, 1.807) is 0 Å². The first-order valence-electron chi connectivity index (χ1n) is 6.59. The van der Waals surface area contributed by atoms with Crippen molar-refractivity contribution in [2.24, 2.45) is 5.10 Å². The number of halogens is 2. The van der Waals surface area contributed by atoms with Gasteiger partial charge in [0.25, 0.3) is 11.5 Å². The highest BCUT2D eigenvalue weighted by Crippen LogP contribution is 2.34. The van der Waals surface area contributed by atoms with Crippen LogP contribution in [0.4, 0.5) is 0 Å². The van der Waals surface area contributed by atoms with Crippen LogP contribution in [-0.2, 0) is 4.79 Å². The molecule has 0 unspecified atom stereocenters. The van der Waals surface area contributed by atoms with Crippen LogP contribution in [0.2, 0.25) is 0 Å². The summed E-state index contributed by atoms with van der Waals surface area (Å²) in [6, 6.07) is 4.85. The topological polar surface area (TPSA) is 116 Å². The fourth-order valence-corrected chi connectivity index (χ4v) is 3.37. The van der Waals surface area contributed by atoms with Gasteiger partial charge in [-0.05, 0) is 56.5 Å². The number of nitrogens with one attached hydrogen (secondary N) is 3. The van der Waals surface area contributed by atoms with Crippen LogP contribution in [0.15, 0.2) is 41.8 Å². The van der Waals surface area contributed by atoms with Crippen molar-refractivity contribution < 1.29 is 9.53 Å². The summed E-state index contributed by atoms with van der Waals surface area (Å²) in [6.45, 7) is 1.67. The standard InChI is InChI=1S/C14H12Br2N4O4/c1-7-2-9(15)13(10(16)3-7)24-6-12(22)20-17-5-8-4-11(21)19-14(23)18-8/h2-5H,6H2,1H3,(H,20,22)(H2,18,19,21,23). The van der Waals surface area contributed by atoms with Crippen LogP contribution in [0.1, 0.15) is 11.3 Å². The molecular weight excluding hydrogens is 448 g/mol. The summed E-state index contributed by atoms with van der Waals surface area (Å²) in [5, 5.41) is 3.64. The summed E-state index contributed by atoms with van der Waals surface area (Å²) in [6.07, 6.45) is 1.15. The lowest BCUT2D eigenvalue weighted by atomic mass is 10.2. The average molecular weight is 460 g/mol. The molecule has 0 fully saturated rings. The lowest BCUT2D eigenvalue weighted by Gasteiger charge is -2.10. The molecule has 1 heterocycles. The van der Waals surface area contributed by atoms with E-state index < -0.39 is 17.2 Å². The summed E-state index contributed by atoms with van der Waals surface area (Å²) < 4.78 is 6.86. The van der Waals surface area contributed by atoms with Gasteiger partial charge in [-0.3, -0.25) is 14.6 Å². The molecule has 1 aromatic carbocycles. The second-order valence-electron chi connectivity index (χ2n) is 4.68. The van der Waals surface area contributed by atoms with Crippen molar-refractivity contribution in [1.82, 2.24) is 15.4 Å². The van der Waals surface area contributed by atoms with E-state index in [1.165, 1.54) is 0 Å². The maximum absolute atomic E-state index is 11.7. The zero-order valence-corrected chi connectivity index (χ0v) is 15.5. The van der Waals surface area contributed by atoms with E-state index in [0.29, 0.717) is 14.7 Å². The van der Waals surface area contributed by atoms with E-state index in [9.17, 15) is 14.4 Å². The van der Waals surface area contributed by atoms with E-state index in [4.69, 9.17) is 4.74 Å². The second kappa shape index (κ2) is 8.06. The largest absolute Gasteiger partial charge is 0.481 e. The fourth-order valence-electron chi connectivity index (χ4n) is 1.73. The van der Waals surface area contributed by atoms with Crippen LogP contribution in [0.25, 0.3) is 0 Å². The second-order valence-corrected chi connectivity index (χ2v) is 6.39. The van der Waals surface area contributed by atoms with Crippen molar-refractivity contribution in [2.45, 2.75) is 6.92 Å². The number of amides is 1. The molecule has 0 aliphatic carbocycles. The zero-order chi connectivity index (χ0) is 17.7. The maximum atomic E-state index is 11.7. The van der Waals surface area contributed by atoms with Gasteiger partial charge >= 0.3 is 5.69 Å². The highest BCUT2D eigenvalue weighted by atomic mass is 79.9. The van der Waals surface area contributed by atoms with Gasteiger partial charge in [-0.25, -0.2) is 10.2 Å². The lowest BCUT2D eigenvalue weighted by molar-refractivity contribution is -0.123. The molecule has 1 aromatic heterocycles. The molecule has 3 N–H and O–H groups in total. The Labute approximate surface area is 152 Å². The number of hydrazone groups is 1. The minimum atomic E-state index is -0.660. The number of aromatic nitrogens is 2. The molecule has 0 aliphatic heterocycles. The van der Waals surface area contributed by atoms with E-state index in [0.717, 1.165) is 17.8 Å². The first kappa shape index (κ1) is 18.1. The van der Waals surface area contributed by atoms with Gasteiger partial charge in [0.1, 0.15) is 5.75 Å². The quantitative estimate of drug-likeness (QED) is 0.463. The number of rotatable bonds is 5. The number of hydrogen-bond acceptors (Lipinski definition) is 5. The molecule has 2 rings (SSSR count). The third kappa shape index (κ3) is 5.17. The van der Waals surface area contributed by atoms with Gasteiger partial charge < -0.3 is 9.72 Å². The van der Waals surface area contributed by atoms with Crippen molar-refractivity contribution in [3.63, 3.8) is 0 Å². The number of hydrogen-bond donors (Lipinski definition) is 3. The molecule has 0 spiro atoms. The van der Waals surface area contributed by atoms with Gasteiger partial charge in [-0.1, -0.05) is 0 Å². The minimum absolute atomic E-state index is 0.161. The number of ether oxygens (including phenoxy) is 1. The summed E-state index contributed by atoms with van der Waals surface area (Å²) in [5.41, 5.74) is 2.20. The van der Waals surface area contributed by atoms with E-state index in [2.05, 4.69) is 47.4 Å². The highest BCUT2D eigenvalue weighted by molar-refractivity contribution is 9.11. The Morgan fingerprint density at radius 2 is 1.92 bits per heavy atom. The van der Waals surface area contributed by atoms with Gasteiger partial charge in [0.15, 0.2) is 6.61 Å². The van der Waals surface area contributed by atoms with Crippen LogP contribution in [0.3, 0.4) is 0 Å². The normalized spacial score (nSPS) is 10.8. The lowest BCUT2D eigenvalue weighted by Crippen LogP contribution is -2.26. The molecule has 8 nitrogen and oxygen atoms in total. The van der Waals surface area contributed by atoms with Crippen molar-refractivity contribution >= 4 is 44.0 Å². The predicted octanol–water partition coefficient (Wildman–Crippen LogP) is 1.43. The van der Waals surface area contributed by atoms with Gasteiger partial charge in [0.2, 0.25) is 0 Å². The molecule has 10 heteroatoms. The Balaban J connectivity index is 1.93. The van der Waals surface area contributed by atoms with E-state index in [1.807, 2.05) is 24.0 Å². The summed E-state index contributed by atoms with van der Waals surface area (Å²) in [4.78, 5) is 38.2. The molecular formula is C14H12Br2N4O4. The number of aryl methyl sites for hydroxylation is 1. The Morgan fingerprint density at radius 3 is 2.54 bits per heavy atom. The number of carbonyl (C=O) groups is 1. The monoisotopic (exact) mass is 458 g/mol. The Kier molecular flexibility index (Phi) is 6.10. The number of benzene rings is 1. The minimum Gasteiger partial charge on any atom is -0.481 e. The van der Waals surface area contributed by atoms with Gasteiger partial charge in [0, 0.05) is 6.07 Å². The number of nitrogens with zero attached hydrogens (tertiary/aromatic N) is 1. The molecule has 0 bridgehead atoms. The first-order chi connectivity index (χ1) is 11.3. The first-order valence-corrected chi connectivity index (χ1v) is 8.18. The van der Waals surface area contributed by atoms with Crippen LogP contribution >= 0.6 is 31.9 Å². The molecule has 0 saturated heterocycles. The van der Waals surface area contributed by atoms with E-state index in [-0.39, 0.29) is 12.3 Å². The average Bonchev–Trinajstić information content (AvgIpc) is 2.45. The predicted molar refractivity (Wildman–Crippen MR) is 95.5 cm³/mol. The molecule has 0 aliphatic rings. The van der Waals surface area contributed by atoms with E-state index >= 15 is 0 Å². The van der Waals surface area contributed by atoms with Crippen molar-refractivity contribution in [1.29, 1.82) is 0 Å². The van der Waals surface area contributed by atoms with Crippen LogP contribution < -0.4 is 21.4 Å². The Morgan fingerprint density at radius 1 is 1.25 bits per heavy atom. The van der Waals surface area contributed by atoms with Crippen molar-refractivity contribution in [3.05, 3.63) is 59.2 Å². The number of aromatic amines is 2. The third-order valence-electron chi connectivity index (χ3n) is 2.66. The van der Waals surface area contributed by atoms with Crippen molar-refractivity contribution in [3.8, 4) is 5.75 Å². The molecule has 2 aromatic rings. The van der Waals surface area contributed by atoms with Gasteiger partial charge in [-0.2, -0.15) is 5.10 Å². The highest BCUT2D eigenvalue weighted by Gasteiger charge is 2.09. The van der Waals surface area contributed by atoms with Gasteiger partial charge in [0.05, 0.1) is 20.9 Å². The van der Waals surface area contributed by atoms with Crippen LogP contribution in [0, 0.1) is 6.92 Å². The zero-order valence-electron chi connectivity index (χ0n) is 12.4. The molecule has 0 atom stereocenters. The molecule has 126 valence electrons. The molecule has 0 saturated carbocycles. The van der Waals surface area contributed by atoms with Crippen LogP contribution in [0.5, 0.6) is 5.75 Å². The number of carbonyl (C=O) groups excluding carboxylic acids is 1. The smallest absolute Gasteiger partial charge is 0.326 e. The fraction of sp³-hybridized carbons (Fsp3) is 0.143. The summed E-state index contributed by atoms with van der Waals surface area (Å²) >= 11 is 6.72. The van der Waals surface area contributed by atoms with Crippen LogP contribution in [-0.4, -0.2) is 28.7 Å². The Hall–Kier alpha value is -2.20. The third-order valence-corrected chi connectivity index (χ3v) is 3.84. The summed E-state index contributed by atoms with van der Waals surface area (Å²) in [5.74, 6) is -0.00327. The van der Waals surface area contributed by atoms with Crippen molar-refractivity contribution in [2.75, 3.05) is 6.61 Å². The maximum Gasteiger partial charge on any atom is 0.326 e. The molecule has 0 radical (unpaired) electrons. The molecule has 24 heavy (non-hydrogen) atoms. The molecule has 1 amide bonds. The van der Waals surface area contributed by atoms with Gasteiger partial charge in [-0.15, -0.1) is 0 Å². The summed E-state index contributed by atoms with van der Waals surface area (Å²) in [7, 11) is 0. The SMILES string of the molecule is Cc1cc(Br)c(OCC(=O)NN=Cc2cc(=O)[nH]c(=O)[nH]2)c(Br)c1. The number of H-pyrrole nitrogens is 2.